The van der Waals surface area contributed by atoms with Crippen molar-refractivity contribution in [1.29, 1.82) is 0 Å². The number of carbonyl (C=O) groups excluding carboxylic acids is 1. The highest BCUT2D eigenvalue weighted by Gasteiger charge is 2.31. The van der Waals surface area contributed by atoms with Crippen molar-refractivity contribution in [2.24, 2.45) is 5.10 Å². The molecule has 1 aliphatic heterocycles. The van der Waals surface area contributed by atoms with E-state index in [0.29, 0.717) is 17.8 Å². The van der Waals surface area contributed by atoms with Crippen LogP contribution in [0.25, 0.3) is 0 Å². The fraction of sp³-hybridized carbons (Fsp3) is 0.130. The van der Waals surface area contributed by atoms with Crippen molar-refractivity contribution >= 4 is 33.0 Å². The van der Waals surface area contributed by atoms with Crippen molar-refractivity contribution in [2.75, 3.05) is 10.5 Å². The Morgan fingerprint density at radius 1 is 1.03 bits per heavy atom. The Morgan fingerprint density at radius 2 is 1.66 bits per heavy atom. The molecule has 0 aliphatic carbocycles. The van der Waals surface area contributed by atoms with E-state index in [1.54, 1.807) is 36.4 Å². The van der Waals surface area contributed by atoms with Gasteiger partial charge < -0.3 is 5.73 Å². The molecule has 0 aromatic heterocycles. The molecule has 1 amide bonds. The van der Waals surface area contributed by atoms with E-state index in [1.807, 2.05) is 12.1 Å². The number of nitrogen functional groups attached to an aromatic ring is 1. The molecule has 1 heterocycles. The van der Waals surface area contributed by atoms with E-state index in [0.717, 1.165) is 29.0 Å². The minimum atomic E-state index is -3.84. The number of hydrogen-bond acceptors (Lipinski definition) is 5. The monoisotopic (exact) mass is 452 g/mol. The maximum absolute atomic E-state index is 13.1. The van der Waals surface area contributed by atoms with Crippen LogP contribution in [0.1, 0.15) is 30.5 Å². The van der Waals surface area contributed by atoms with Crippen LogP contribution < -0.4 is 10.5 Å². The Labute approximate surface area is 185 Å². The van der Waals surface area contributed by atoms with Crippen LogP contribution in [0.3, 0.4) is 0 Å². The van der Waals surface area contributed by atoms with E-state index in [1.165, 1.54) is 24.1 Å². The van der Waals surface area contributed by atoms with Gasteiger partial charge in [-0.2, -0.15) is 5.10 Å². The van der Waals surface area contributed by atoms with Crippen LogP contribution in [0.4, 0.5) is 15.8 Å². The molecule has 7 nitrogen and oxygen atoms in total. The summed E-state index contributed by atoms with van der Waals surface area (Å²) in [6.45, 7) is 1.46. The number of carbonyl (C=O) groups is 1. The van der Waals surface area contributed by atoms with Crippen molar-refractivity contribution in [3.8, 4) is 0 Å². The molecule has 4 rings (SSSR count). The van der Waals surface area contributed by atoms with Crippen molar-refractivity contribution in [3.05, 3.63) is 89.7 Å². The lowest BCUT2D eigenvalue weighted by atomic mass is 9.98. The lowest BCUT2D eigenvalue weighted by molar-refractivity contribution is -0.130. The molecular formula is C23H21FN4O3S. The van der Waals surface area contributed by atoms with Gasteiger partial charge in [0, 0.05) is 24.7 Å². The minimum Gasteiger partial charge on any atom is -0.399 e. The van der Waals surface area contributed by atoms with Crippen LogP contribution in [-0.2, 0) is 14.8 Å². The van der Waals surface area contributed by atoms with Crippen molar-refractivity contribution in [2.45, 2.75) is 24.3 Å². The number of amides is 1. The molecule has 0 fully saturated rings. The highest BCUT2D eigenvalue weighted by atomic mass is 32.2. The second-order valence-corrected chi connectivity index (χ2v) is 9.12. The third kappa shape index (κ3) is 4.47. The number of nitrogens with zero attached hydrogens (tertiary/aromatic N) is 2. The van der Waals surface area contributed by atoms with Crippen LogP contribution in [0.15, 0.2) is 82.8 Å². The van der Waals surface area contributed by atoms with Gasteiger partial charge in [0.25, 0.3) is 10.0 Å². The van der Waals surface area contributed by atoms with Gasteiger partial charge in [0.05, 0.1) is 16.6 Å². The first kappa shape index (κ1) is 21.5. The van der Waals surface area contributed by atoms with E-state index in [4.69, 9.17) is 5.73 Å². The average Bonchev–Trinajstić information content (AvgIpc) is 3.21. The summed E-state index contributed by atoms with van der Waals surface area (Å²) in [5, 5.41) is 5.94. The Balaban J connectivity index is 1.53. The summed E-state index contributed by atoms with van der Waals surface area (Å²) >= 11 is 0. The Kier molecular flexibility index (Phi) is 5.67. The van der Waals surface area contributed by atoms with Gasteiger partial charge in [-0.3, -0.25) is 9.52 Å². The molecule has 3 aromatic rings. The molecular weight excluding hydrogens is 431 g/mol. The second-order valence-electron chi connectivity index (χ2n) is 7.43. The third-order valence-electron chi connectivity index (χ3n) is 5.15. The molecule has 164 valence electrons. The molecule has 3 aromatic carbocycles. The summed E-state index contributed by atoms with van der Waals surface area (Å²) in [5.41, 5.74) is 9.18. The highest BCUT2D eigenvalue weighted by Crippen LogP contribution is 2.33. The second kappa shape index (κ2) is 8.43. The molecule has 1 atom stereocenters. The normalized spacial score (nSPS) is 16.0. The summed E-state index contributed by atoms with van der Waals surface area (Å²) in [7, 11) is -3.84. The molecule has 1 unspecified atom stereocenters. The van der Waals surface area contributed by atoms with Crippen LogP contribution in [0, 0.1) is 5.82 Å². The van der Waals surface area contributed by atoms with Gasteiger partial charge in [0.15, 0.2) is 0 Å². The zero-order chi connectivity index (χ0) is 22.9. The molecule has 0 saturated heterocycles. The van der Waals surface area contributed by atoms with Gasteiger partial charge >= 0.3 is 0 Å². The fourth-order valence-electron chi connectivity index (χ4n) is 3.51. The summed E-state index contributed by atoms with van der Waals surface area (Å²) in [6.07, 6.45) is 0.518. The minimum absolute atomic E-state index is 0.0356. The summed E-state index contributed by atoms with van der Waals surface area (Å²) in [6, 6.07) is 18.4. The number of hydrogen-bond donors (Lipinski definition) is 2. The number of benzene rings is 3. The standard InChI is InChI=1S/C23H21FN4O3S/c1-15(29)28-23(17-2-8-19(25)9-3-17)14-22(26-28)16-4-10-20(11-5-16)27-32(30,31)21-12-6-18(24)7-13-21/h2-13,23,27H,14,25H2,1H3. The summed E-state index contributed by atoms with van der Waals surface area (Å²) in [4.78, 5) is 12.1. The number of nitrogens with two attached hydrogens (primary N) is 1. The zero-order valence-corrected chi connectivity index (χ0v) is 18.0. The van der Waals surface area contributed by atoms with Crippen molar-refractivity contribution < 1.29 is 17.6 Å². The quantitative estimate of drug-likeness (QED) is 0.573. The molecule has 1 aliphatic rings. The van der Waals surface area contributed by atoms with Crippen LogP contribution in [0.5, 0.6) is 0 Å². The largest absolute Gasteiger partial charge is 0.399 e. The zero-order valence-electron chi connectivity index (χ0n) is 17.2. The van der Waals surface area contributed by atoms with E-state index in [9.17, 15) is 17.6 Å². The van der Waals surface area contributed by atoms with E-state index in [2.05, 4.69) is 9.82 Å². The lowest BCUT2D eigenvalue weighted by Gasteiger charge is -2.20. The predicted molar refractivity (Wildman–Crippen MR) is 121 cm³/mol. The number of anilines is 2. The topological polar surface area (TPSA) is 105 Å². The Bertz CT molecular complexity index is 1270. The lowest BCUT2D eigenvalue weighted by Crippen LogP contribution is -2.24. The van der Waals surface area contributed by atoms with Gasteiger partial charge in [0.2, 0.25) is 5.91 Å². The molecule has 0 bridgehead atoms. The van der Waals surface area contributed by atoms with Gasteiger partial charge in [-0.05, 0) is 59.7 Å². The van der Waals surface area contributed by atoms with Gasteiger partial charge in [0.1, 0.15) is 5.82 Å². The highest BCUT2D eigenvalue weighted by molar-refractivity contribution is 7.92. The Morgan fingerprint density at radius 3 is 2.25 bits per heavy atom. The first-order chi connectivity index (χ1) is 15.2. The van der Waals surface area contributed by atoms with Crippen molar-refractivity contribution in [1.82, 2.24) is 5.01 Å². The number of hydrazone groups is 1. The van der Waals surface area contributed by atoms with Gasteiger partial charge in [-0.1, -0.05) is 24.3 Å². The number of rotatable bonds is 5. The SMILES string of the molecule is CC(=O)N1N=C(c2ccc(NS(=O)(=O)c3ccc(F)cc3)cc2)CC1c1ccc(N)cc1. The molecule has 9 heteroatoms. The van der Waals surface area contributed by atoms with E-state index in [-0.39, 0.29) is 16.8 Å². The van der Waals surface area contributed by atoms with Crippen LogP contribution in [-0.4, -0.2) is 25.0 Å². The van der Waals surface area contributed by atoms with Gasteiger partial charge in [-0.25, -0.2) is 17.8 Å². The van der Waals surface area contributed by atoms with Crippen LogP contribution >= 0.6 is 0 Å². The summed E-state index contributed by atoms with van der Waals surface area (Å²) < 4.78 is 40.5. The van der Waals surface area contributed by atoms with E-state index < -0.39 is 15.8 Å². The Hall–Kier alpha value is -3.72. The van der Waals surface area contributed by atoms with Crippen LogP contribution in [0.2, 0.25) is 0 Å². The maximum atomic E-state index is 13.1. The molecule has 0 saturated carbocycles. The van der Waals surface area contributed by atoms with Gasteiger partial charge in [-0.15, -0.1) is 0 Å². The smallest absolute Gasteiger partial charge is 0.261 e. The maximum Gasteiger partial charge on any atom is 0.261 e. The molecule has 0 spiro atoms. The first-order valence-corrected chi connectivity index (χ1v) is 11.3. The third-order valence-corrected chi connectivity index (χ3v) is 6.55. The molecule has 32 heavy (non-hydrogen) atoms. The number of nitrogens with one attached hydrogen (secondary N) is 1. The average molecular weight is 453 g/mol. The van der Waals surface area contributed by atoms with E-state index >= 15 is 0 Å². The predicted octanol–water partition coefficient (Wildman–Crippen LogP) is 3.91. The fourth-order valence-corrected chi connectivity index (χ4v) is 4.57. The summed E-state index contributed by atoms with van der Waals surface area (Å²) in [5.74, 6) is -0.687. The first-order valence-electron chi connectivity index (χ1n) is 9.84. The molecule has 3 N–H and O–H groups in total. The van der Waals surface area contributed by atoms with Crippen molar-refractivity contribution in [3.63, 3.8) is 0 Å². The molecule has 0 radical (unpaired) electrons. The number of halogens is 1. The number of sulfonamides is 1.